The molecule has 2 aromatic rings. The fourth-order valence-electron chi connectivity index (χ4n) is 1.65. The maximum Gasteiger partial charge on any atom is 0.0991 e. The van der Waals surface area contributed by atoms with Gasteiger partial charge in [0.1, 0.15) is 0 Å². The molecule has 0 heterocycles. The zero-order chi connectivity index (χ0) is 11.4. The van der Waals surface area contributed by atoms with Crippen LogP contribution in [0.5, 0.6) is 0 Å². The zero-order valence-electron chi connectivity index (χ0n) is 9.21. The summed E-state index contributed by atoms with van der Waals surface area (Å²) in [7, 11) is 0. The smallest absolute Gasteiger partial charge is 0.0991 e. The van der Waals surface area contributed by atoms with Gasteiger partial charge in [0.15, 0.2) is 0 Å². The van der Waals surface area contributed by atoms with Crippen molar-refractivity contribution in [2.24, 2.45) is 5.73 Å². The first-order chi connectivity index (χ1) is 7.81. The monoisotopic (exact) mass is 244 g/mol. The highest BCUT2D eigenvalue weighted by molar-refractivity contribution is 5.85. The Hall–Kier alpha value is -1.82. The number of nitriles is 1. The summed E-state index contributed by atoms with van der Waals surface area (Å²) in [4.78, 5) is 0. The molecule has 0 aliphatic carbocycles. The summed E-state index contributed by atoms with van der Waals surface area (Å²) in [6.45, 7) is 0. The third-order valence-corrected chi connectivity index (χ3v) is 2.53. The summed E-state index contributed by atoms with van der Waals surface area (Å²) in [6.07, 6.45) is 0. The first-order valence-corrected chi connectivity index (χ1v) is 5.12. The topological polar surface area (TPSA) is 49.8 Å². The third-order valence-electron chi connectivity index (χ3n) is 2.53. The molecule has 86 valence electrons. The van der Waals surface area contributed by atoms with Gasteiger partial charge in [-0.15, -0.1) is 12.4 Å². The van der Waals surface area contributed by atoms with Crippen molar-refractivity contribution in [2.45, 2.75) is 6.04 Å². The number of hydrogen-bond donors (Lipinski definition) is 1. The van der Waals surface area contributed by atoms with E-state index >= 15 is 0 Å². The maximum atomic E-state index is 8.82. The minimum absolute atomic E-state index is 0. The Labute approximate surface area is 107 Å². The molecule has 2 N–H and O–H groups in total. The molecule has 0 amide bonds. The van der Waals surface area contributed by atoms with Crippen LogP contribution < -0.4 is 5.73 Å². The molecule has 3 heteroatoms. The van der Waals surface area contributed by atoms with E-state index in [1.165, 1.54) is 0 Å². The molecule has 0 radical (unpaired) electrons. The number of halogens is 1. The van der Waals surface area contributed by atoms with Crippen molar-refractivity contribution in [3.8, 4) is 6.07 Å². The fourth-order valence-corrected chi connectivity index (χ4v) is 1.65. The molecule has 2 aromatic carbocycles. The molecule has 1 unspecified atom stereocenters. The first-order valence-electron chi connectivity index (χ1n) is 5.12. The van der Waals surface area contributed by atoms with Crippen molar-refractivity contribution >= 4 is 12.4 Å². The van der Waals surface area contributed by atoms with Crippen molar-refractivity contribution in [2.75, 3.05) is 0 Å². The van der Waals surface area contributed by atoms with Gasteiger partial charge >= 0.3 is 0 Å². The van der Waals surface area contributed by atoms with E-state index in [9.17, 15) is 0 Å². The Morgan fingerprint density at radius 2 is 1.59 bits per heavy atom. The van der Waals surface area contributed by atoms with E-state index in [4.69, 9.17) is 11.0 Å². The van der Waals surface area contributed by atoms with E-state index in [1.54, 1.807) is 6.07 Å². The molecule has 2 rings (SSSR count). The molecule has 17 heavy (non-hydrogen) atoms. The van der Waals surface area contributed by atoms with E-state index in [-0.39, 0.29) is 18.4 Å². The molecule has 0 aliphatic rings. The van der Waals surface area contributed by atoms with Gasteiger partial charge in [-0.25, -0.2) is 0 Å². The number of nitrogens with zero attached hydrogens (tertiary/aromatic N) is 1. The molecule has 1 atom stereocenters. The number of hydrogen-bond acceptors (Lipinski definition) is 2. The molecule has 0 saturated heterocycles. The van der Waals surface area contributed by atoms with Crippen LogP contribution in [-0.4, -0.2) is 0 Å². The van der Waals surface area contributed by atoms with Crippen molar-refractivity contribution in [3.63, 3.8) is 0 Å². The standard InChI is InChI=1S/C14H12N2.ClH/c15-10-11-5-4-8-13(9-11)14(16)12-6-2-1-3-7-12;/h1-9,14H,16H2;1H. The first kappa shape index (κ1) is 13.2. The molecular formula is C14H13ClN2. The second kappa shape index (κ2) is 6.05. The minimum Gasteiger partial charge on any atom is -0.320 e. The van der Waals surface area contributed by atoms with Gasteiger partial charge in [0.05, 0.1) is 17.7 Å². The lowest BCUT2D eigenvalue weighted by Gasteiger charge is -2.12. The minimum atomic E-state index is -0.172. The highest BCUT2D eigenvalue weighted by Crippen LogP contribution is 2.19. The summed E-state index contributed by atoms with van der Waals surface area (Å²) >= 11 is 0. The third kappa shape index (κ3) is 3.07. The van der Waals surface area contributed by atoms with Crippen LogP contribution >= 0.6 is 12.4 Å². The maximum absolute atomic E-state index is 8.82. The van der Waals surface area contributed by atoms with Crippen LogP contribution in [-0.2, 0) is 0 Å². The predicted molar refractivity (Wildman–Crippen MR) is 70.9 cm³/mol. The molecule has 0 fully saturated rings. The second-order valence-electron chi connectivity index (χ2n) is 3.63. The lowest BCUT2D eigenvalue weighted by molar-refractivity contribution is 0.871. The lowest BCUT2D eigenvalue weighted by Crippen LogP contribution is -2.11. The predicted octanol–water partition coefficient (Wildman–Crippen LogP) is 3.03. The van der Waals surface area contributed by atoms with E-state index in [0.29, 0.717) is 5.56 Å². The Kier molecular flexibility index (Phi) is 4.71. The van der Waals surface area contributed by atoms with Crippen molar-refractivity contribution in [3.05, 3.63) is 71.3 Å². The van der Waals surface area contributed by atoms with Crippen molar-refractivity contribution in [1.29, 1.82) is 5.26 Å². The van der Waals surface area contributed by atoms with Crippen LogP contribution in [0.3, 0.4) is 0 Å². The highest BCUT2D eigenvalue weighted by atomic mass is 35.5. The van der Waals surface area contributed by atoms with Crippen molar-refractivity contribution < 1.29 is 0 Å². The normalized spacial score (nSPS) is 11.1. The highest BCUT2D eigenvalue weighted by Gasteiger charge is 2.08. The Morgan fingerprint density at radius 3 is 2.24 bits per heavy atom. The van der Waals surface area contributed by atoms with Gasteiger partial charge in [0.25, 0.3) is 0 Å². The molecule has 0 aliphatic heterocycles. The van der Waals surface area contributed by atoms with Gasteiger partial charge in [-0.3, -0.25) is 0 Å². The fraction of sp³-hybridized carbons (Fsp3) is 0.0714. The molecule has 2 nitrogen and oxygen atoms in total. The molecule has 0 saturated carbocycles. The molecular weight excluding hydrogens is 232 g/mol. The van der Waals surface area contributed by atoms with Crippen LogP contribution in [0.2, 0.25) is 0 Å². The SMILES string of the molecule is Cl.N#Cc1cccc(C(N)c2ccccc2)c1. The van der Waals surface area contributed by atoms with E-state index in [2.05, 4.69) is 6.07 Å². The van der Waals surface area contributed by atoms with Crippen LogP contribution in [0, 0.1) is 11.3 Å². The quantitative estimate of drug-likeness (QED) is 0.883. The second-order valence-corrected chi connectivity index (χ2v) is 3.63. The Balaban J connectivity index is 0.00000144. The zero-order valence-corrected chi connectivity index (χ0v) is 10.0. The van der Waals surface area contributed by atoms with Gasteiger partial charge in [-0.1, -0.05) is 42.5 Å². The molecule has 0 spiro atoms. The average Bonchev–Trinajstić information content (AvgIpc) is 2.39. The molecule has 0 bridgehead atoms. The number of rotatable bonds is 2. The molecule has 0 aromatic heterocycles. The van der Waals surface area contributed by atoms with Gasteiger partial charge in [-0.05, 0) is 23.3 Å². The van der Waals surface area contributed by atoms with Crippen LogP contribution in [0.1, 0.15) is 22.7 Å². The van der Waals surface area contributed by atoms with Gasteiger partial charge in [-0.2, -0.15) is 5.26 Å². The van der Waals surface area contributed by atoms with E-state index < -0.39 is 0 Å². The summed E-state index contributed by atoms with van der Waals surface area (Å²) in [6, 6.07) is 19.2. The Bertz CT molecular complexity index is 517. The largest absolute Gasteiger partial charge is 0.320 e. The van der Waals surface area contributed by atoms with Gasteiger partial charge in [0, 0.05) is 0 Å². The summed E-state index contributed by atoms with van der Waals surface area (Å²) in [5, 5.41) is 8.82. The lowest BCUT2D eigenvalue weighted by atomic mass is 9.98. The van der Waals surface area contributed by atoms with Gasteiger partial charge in [0.2, 0.25) is 0 Å². The van der Waals surface area contributed by atoms with Crippen LogP contribution in [0.4, 0.5) is 0 Å². The van der Waals surface area contributed by atoms with Gasteiger partial charge < -0.3 is 5.73 Å². The summed E-state index contributed by atoms with van der Waals surface area (Å²) < 4.78 is 0. The average molecular weight is 245 g/mol. The Morgan fingerprint density at radius 1 is 0.941 bits per heavy atom. The number of nitrogens with two attached hydrogens (primary N) is 1. The van der Waals surface area contributed by atoms with Crippen molar-refractivity contribution in [1.82, 2.24) is 0 Å². The van der Waals surface area contributed by atoms with Crippen LogP contribution in [0.25, 0.3) is 0 Å². The van der Waals surface area contributed by atoms with E-state index in [0.717, 1.165) is 11.1 Å². The van der Waals surface area contributed by atoms with Crippen LogP contribution in [0.15, 0.2) is 54.6 Å². The van der Waals surface area contributed by atoms with E-state index in [1.807, 2.05) is 48.5 Å². The number of benzene rings is 2. The summed E-state index contributed by atoms with van der Waals surface area (Å²) in [5.41, 5.74) is 8.79. The summed E-state index contributed by atoms with van der Waals surface area (Å²) in [5.74, 6) is 0.